The van der Waals surface area contributed by atoms with Crippen LogP contribution in [0, 0.1) is 11.8 Å². The third kappa shape index (κ3) is 3.12. The average molecular weight is 176 g/mol. The quantitative estimate of drug-likeness (QED) is 0.642. The lowest BCUT2D eigenvalue weighted by Gasteiger charge is -1.94. The third-order valence-electron chi connectivity index (χ3n) is 1.42. The first-order chi connectivity index (χ1) is 6.36. The van der Waals surface area contributed by atoms with E-state index in [9.17, 15) is 0 Å². The van der Waals surface area contributed by atoms with Gasteiger partial charge in [-0.05, 0) is 6.42 Å². The second-order valence-electron chi connectivity index (χ2n) is 2.51. The number of ether oxygens (including phenoxy) is 1. The first kappa shape index (κ1) is 9.53. The first-order valence-corrected chi connectivity index (χ1v) is 4.21. The molecule has 0 saturated carbocycles. The zero-order valence-corrected chi connectivity index (χ0v) is 7.87. The van der Waals surface area contributed by atoms with E-state index in [1.807, 2.05) is 0 Å². The molecule has 0 bridgehead atoms. The van der Waals surface area contributed by atoms with Crippen LogP contribution in [-0.2, 0) is 0 Å². The summed E-state index contributed by atoms with van der Waals surface area (Å²) in [5.41, 5.74) is 0.828. The fourth-order valence-electron chi connectivity index (χ4n) is 0.776. The Bertz CT molecular complexity index is 308. The van der Waals surface area contributed by atoms with Crippen LogP contribution < -0.4 is 4.74 Å². The van der Waals surface area contributed by atoms with Gasteiger partial charge in [-0.2, -0.15) is 0 Å². The second kappa shape index (κ2) is 5.15. The minimum atomic E-state index is 0.376. The molecule has 1 rings (SSSR count). The van der Waals surface area contributed by atoms with Crippen LogP contribution in [0.3, 0.4) is 0 Å². The summed E-state index contributed by atoms with van der Waals surface area (Å²) >= 11 is 0. The van der Waals surface area contributed by atoms with Crippen molar-refractivity contribution in [2.24, 2.45) is 0 Å². The van der Waals surface area contributed by atoms with Gasteiger partial charge in [-0.25, -0.2) is 9.97 Å². The summed E-state index contributed by atoms with van der Waals surface area (Å²) in [5.74, 6) is 5.98. The standard InChI is InChI=1S/C10H12N2O/c1-3-4-5-6-9-7-11-10(13-2)12-8-9/h7-8H,3-4H2,1-2H3. The molecule has 0 aromatic carbocycles. The number of unbranched alkanes of at least 4 members (excludes halogenated alkanes) is 1. The van der Waals surface area contributed by atoms with Gasteiger partial charge in [0.15, 0.2) is 0 Å². The lowest BCUT2D eigenvalue weighted by Crippen LogP contribution is -1.91. The highest BCUT2D eigenvalue weighted by Crippen LogP contribution is 1.99. The maximum Gasteiger partial charge on any atom is 0.316 e. The first-order valence-electron chi connectivity index (χ1n) is 4.21. The van der Waals surface area contributed by atoms with Crippen LogP contribution in [-0.4, -0.2) is 17.1 Å². The minimum absolute atomic E-state index is 0.376. The Kier molecular flexibility index (Phi) is 3.77. The summed E-state index contributed by atoms with van der Waals surface area (Å²) < 4.78 is 4.82. The molecule has 3 heteroatoms. The smallest absolute Gasteiger partial charge is 0.316 e. The van der Waals surface area contributed by atoms with Crippen LogP contribution in [0.5, 0.6) is 6.01 Å². The molecule has 68 valence electrons. The molecule has 0 atom stereocenters. The molecule has 3 nitrogen and oxygen atoms in total. The van der Waals surface area contributed by atoms with Crippen molar-refractivity contribution in [2.75, 3.05) is 7.11 Å². The fourth-order valence-corrected chi connectivity index (χ4v) is 0.776. The molecule has 0 aliphatic carbocycles. The number of hydrogen-bond donors (Lipinski definition) is 0. The summed E-state index contributed by atoms with van der Waals surface area (Å²) in [6, 6.07) is 0.376. The molecule has 0 aliphatic rings. The van der Waals surface area contributed by atoms with Crippen molar-refractivity contribution in [3.05, 3.63) is 18.0 Å². The summed E-state index contributed by atoms with van der Waals surface area (Å²) in [7, 11) is 1.54. The van der Waals surface area contributed by atoms with Crippen LogP contribution >= 0.6 is 0 Å². The highest BCUT2D eigenvalue weighted by molar-refractivity contribution is 5.29. The summed E-state index contributed by atoms with van der Waals surface area (Å²) in [5, 5.41) is 0. The van der Waals surface area contributed by atoms with Gasteiger partial charge in [0.05, 0.1) is 12.7 Å². The molecule has 0 radical (unpaired) electrons. The Morgan fingerprint density at radius 1 is 1.38 bits per heavy atom. The maximum absolute atomic E-state index is 4.82. The number of nitrogens with zero attached hydrogens (tertiary/aromatic N) is 2. The van der Waals surface area contributed by atoms with E-state index in [4.69, 9.17) is 4.74 Å². The number of methoxy groups -OCH3 is 1. The van der Waals surface area contributed by atoms with Gasteiger partial charge >= 0.3 is 6.01 Å². The van der Waals surface area contributed by atoms with E-state index in [-0.39, 0.29) is 0 Å². The lowest BCUT2D eigenvalue weighted by atomic mass is 10.3. The van der Waals surface area contributed by atoms with Gasteiger partial charge < -0.3 is 4.74 Å². The monoisotopic (exact) mass is 176 g/mol. The van der Waals surface area contributed by atoms with E-state index < -0.39 is 0 Å². The Morgan fingerprint density at radius 3 is 2.62 bits per heavy atom. The third-order valence-corrected chi connectivity index (χ3v) is 1.42. The van der Waals surface area contributed by atoms with Crippen molar-refractivity contribution >= 4 is 0 Å². The fraction of sp³-hybridized carbons (Fsp3) is 0.400. The van der Waals surface area contributed by atoms with E-state index in [1.54, 1.807) is 12.4 Å². The predicted octanol–water partition coefficient (Wildman–Crippen LogP) is 1.64. The van der Waals surface area contributed by atoms with Crippen LogP contribution in [0.4, 0.5) is 0 Å². The van der Waals surface area contributed by atoms with Crippen molar-refractivity contribution < 1.29 is 4.74 Å². The molecule has 13 heavy (non-hydrogen) atoms. The molecule has 0 aliphatic heterocycles. The van der Waals surface area contributed by atoms with E-state index in [0.717, 1.165) is 18.4 Å². The molecule has 1 heterocycles. The molecule has 0 unspecified atom stereocenters. The van der Waals surface area contributed by atoms with Crippen molar-refractivity contribution in [3.63, 3.8) is 0 Å². The van der Waals surface area contributed by atoms with Crippen LogP contribution in [0.25, 0.3) is 0 Å². The lowest BCUT2D eigenvalue weighted by molar-refractivity contribution is 0.379. The Hall–Kier alpha value is -1.56. The van der Waals surface area contributed by atoms with Gasteiger partial charge in [-0.3, -0.25) is 0 Å². The van der Waals surface area contributed by atoms with Crippen molar-refractivity contribution in [1.82, 2.24) is 9.97 Å². The predicted molar refractivity (Wildman–Crippen MR) is 50.4 cm³/mol. The summed E-state index contributed by atoms with van der Waals surface area (Å²) in [6.07, 6.45) is 5.30. The van der Waals surface area contributed by atoms with Gasteiger partial charge in [-0.1, -0.05) is 18.8 Å². The largest absolute Gasteiger partial charge is 0.467 e. The minimum Gasteiger partial charge on any atom is -0.467 e. The Labute approximate surface area is 78.2 Å². The van der Waals surface area contributed by atoms with Crippen molar-refractivity contribution in [3.8, 4) is 17.9 Å². The van der Waals surface area contributed by atoms with Gasteiger partial charge in [0.25, 0.3) is 0 Å². The average Bonchev–Trinajstić information content (AvgIpc) is 2.19. The normalized spacial score (nSPS) is 8.77. The van der Waals surface area contributed by atoms with Gasteiger partial charge in [-0.15, -0.1) is 0 Å². The summed E-state index contributed by atoms with van der Waals surface area (Å²) in [4.78, 5) is 7.88. The molecular weight excluding hydrogens is 164 g/mol. The topological polar surface area (TPSA) is 35.0 Å². The Morgan fingerprint density at radius 2 is 2.08 bits per heavy atom. The number of aromatic nitrogens is 2. The van der Waals surface area contributed by atoms with Gasteiger partial charge in [0.2, 0.25) is 0 Å². The highest BCUT2D eigenvalue weighted by Gasteiger charge is 1.92. The molecule has 1 aromatic rings. The van der Waals surface area contributed by atoms with E-state index in [0.29, 0.717) is 6.01 Å². The van der Waals surface area contributed by atoms with Gasteiger partial charge in [0.1, 0.15) is 0 Å². The van der Waals surface area contributed by atoms with E-state index in [2.05, 4.69) is 28.7 Å². The SMILES string of the molecule is CCCC#Cc1cnc(OC)nc1. The van der Waals surface area contributed by atoms with Crippen molar-refractivity contribution in [2.45, 2.75) is 19.8 Å². The molecule has 0 N–H and O–H groups in total. The second-order valence-corrected chi connectivity index (χ2v) is 2.51. The molecule has 0 amide bonds. The molecule has 1 aromatic heterocycles. The molecular formula is C10H12N2O. The molecule has 0 spiro atoms. The zero-order chi connectivity index (χ0) is 9.52. The molecule has 0 saturated heterocycles. The van der Waals surface area contributed by atoms with Crippen LogP contribution in [0.15, 0.2) is 12.4 Å². The van der Waals surface area contributed by atoms with Gasteiger partial charge in [0, 0.05) is 18.8 Å². The maximum atomic E-state index is 4.82. The van der Waals surface area contributed by atoms with Crippen LogP contribution in [0.1, 0.15) is 25.3 Å². The highest BCUT2D eigenvalue weighted by atomic mass is 16.5. The van der Waals surface area contributed by atoms with E-state index >= 15 is 0 Å². The molecule has 0 fully saturated rings. The number of rotatable bonds is 2. The van der Waals surface area contributed by atoms with Crippen LogP contribution in [0.2, 0.25) is 0 Å². The van der Waals surface area contributed by atoms with E-state index in [1.165, 1.54) is 7.11 Å². The van der Waals surface area contributed by atoms with Crippen molar-refractivity contribution in [1.29, 1.82) is 0 Å². The summed E-state index contributed by atoms with van der Waals surface area (Å²) in [6.45, 7) is 2.10. The number of hydrogen-bond acceptors (Lipinski definition) is 3. The zero-order valence-electron chi connectivity index (χ0n) is 7.87. The Balaban J connectivity index is 2.65.